The third-order valence-corrected chi connectivity index (χ3v) is 2.70. The van der Waals surface area contributed by atoms with Gasteiger partial charge in [-0.3, -0.25) is 9.67 Å². The third-order valence-electron chi connectivity index (χ3n) is 2.70. The minimum Gasteiger partial charge on any atom is -0.444 e. The van der Waals surface area contributed by atoms with Crippen molar-refractivity contribution in [3.05, 3.63) is 18.0 Å². The van der Waals surface area contributed by atoms with Gasteiger partial charge in [-0.1, -0.05) is 0 Å². The van der Waals surface area contributed by atoms with Crippen LogP contribution in [-0.4, -0.2) is 54.1 Å². The van der Waals surface area contributed by atoms with E-state index < -0.39 is 11.7 Å². The first kappa shape index (κ1) is 22.5. The zero-order chi connectivity index (χ0) is 17.3. The fraction of sp³-hybridized carbons (Fsp3) is 0.667. The number of aromatic nitrogens is 2. The summed E-state index contributed by atoms with van der Waals surface area (Å²) in [6, 6.07) is 0. The summed E-state index contributed by atoms with van der Waals surface area (Å²) in [6.45, 7) is 9.97. The molecule has 0 aliphatic carbocycles. The zero-order valence-corrected chi connectivity index (χ0v) is 17.4. The molecule has 1 heterocycles. The van der Waals surface area contributed by atoms with Crippen molar-refractivity contribution in [3.63, 3.8) is 0 Å². The highest BCUT2D eigenvalue weighted by Crippen LogP contribution is 2.05. The molecule has 138 valence electrons. The minimum absolute atomic E-state index is 0. The van der Waals surface area contributed by atoms with E-state index in [0.717, 1.165) is 12.1 Å². The zero-order valence-electron chi connectivity index (χ0n) is 15.0. The normalized spacial score (nSPS) is 11.5. The van der Waals surface area contributed by atoms with Crippen LogP contribution in [0.3, 0.4) is 0 Å². The number of aryl methyl sites for hydroxylation is 1. The van der Waals surface area contributed by atoms with Gasteiger partial charge in [-0.15, -0.1) is 24.0 Å². The van der Waals surface area contributed by atoms with Crippen LogP contribution < -0.4 is 16.0 Å². The largest absolute Gasteiger partial charge is 0.444 e. The Morgan fingerprint density at radius 3 is 2.42 bits per heavy atom. The molecular formula is C15H29IN6O2. The van der Waals surface area contributed by atoms with E-state index in [-0.39, 0.29) is 24.0 Å². The van der Waals surface area contributed by atoms with E-state index in [9.17, 15) is 4.79 Å². The smallest absolute Gasteiger partial charge is 0.407 e. The average molecular weight is 452 g/mol. The maximum atomic E-state index is 11.5. The van der Waals surface area contributed by atoms with Gasteiger partial charge in [-0.2, -0.15) is 5.10 Å². The highest BCUT2D eigenvalue weighted by molar-refractivity contribution is 14.0. The van der Waals surface area contributed by atoms with Crippen LogP contribution in [0.1, 0.15) is 26.3 Å². The molecule has 0 saturated heterocycles. The quantitative estimate of drug-likeness (QED) is 0.263. The van der Waals surface area contributed by atoms with E-state index in [1.165, 1.54) is 0 Å². The van der Waals surface area contributed by atoms with Gasteiger partial charge in [-0.25, -0.2) is 4.79 Å². The molecule has 24 heavy (non-hydrogen) atoms. The minimum atomic E-state index is -0.486. The van der Waals surface area contributed by atoms with Crippen molar-refractivity contribution in [3.8, 4) is 0 Å². The molecule has 8 nitrogen and oxygen atoms in total. The number of alkyl carbamates (subject to hydrolysis) is 1. The van der Waals surface area contributed by atoms with Gasteiger partial charge in [-0.05, 0) is 33.3 Å². The molecule has 1 aromatic heterocycles. The number of amides is 1. The molecule has 3 N–H and O–H groups in total. The van der Waals surface area contributed by atoms with Crippen LogP contribution in [-0.2, 0) is 11.3 Å². The van der Waals surface area contributed by atoms with Crippen LogP contribution in [0.5, 0.6) is 0 Å². The number of guanidine groups is 1. The lowest BCUT2D eigenvalue weighted by molar-refractivity contribution is 0.0529. The molecule has 0 aliphatic rings. The van der Waals surface area contributed by atoms with Gasteiger partial charge in [0.25, 0.3) is 0 Å². The lowest BCUT2D eigenvalue weighted by atomic mass is 10.2. The monoisotopic (exact) mass is 452 g/mol. The van der Waals surface area contributed by atoms with Gasteiger partial charge >= 0.3 is 6.09 Å². The molecule has 1 aromatic rings. The lowest BCUT2D eigenvalue weighted by Crippen LogP contribution is -2.43. The predicted octanol–water partition coefficient (Wildman–Crippen LogP) is 1.50. The number of nitrogens with one attached hydrogen (secondary N) is 3. The maximum Gasteiger partial charge on any atom is 0.407 e. The first-order valence-electron chi connectivity index (χ1n) is 7.70. The summed E-state index contributed by atoms with van der Waals surface area (Å²) in [7, 11) is 1.70. The Hall–Kier alpha value is -1.52. The Morgan fingerprint density at radius 1 is 1.25 bits per heavy atom. The molecule has 0 aliphatic heterocycles. The van der Waals surface area contributed by atoms with E-state index in [1.807, 2.05) is 44.8 Å². The highest BCUT2D eigenvalue weighted by Gasteiger charge is 2.15. The van der Waals surface area contributed by atoms with E-state index >= 15 is 0 Å². The van der Waals surface area contributed by atoms with Crippen LogP contribution in [0.15, 0.2) is 17.4 Å². The number of ether oxygens (including phenoxy) is 1. The second kappa shape index (κ2) is 11.1. The van der Waals surface area contributed by atoms with E-state index in [2.05, 4.69) is 26.0 Å². The first-order chi connectivity index (χ1) is 10.8. The average Bonchev–Trinajstić information content (AvgIpc) is 2.85. The molecule has 0 unspecified atom stereocenters. The summed E-state index contributed by atoms with van der Waals surface area (Å²) in [5.41, 5.74) is 0.653. The summed E-state index contributed by atoms with van der Waals surface area (Å²) in [5, 5.41) is 13.2. The van der Waals surface area contributed by atoms with Crippen LogP contribution in [0.2, 0.25) is 0 Å². The summed E-state index contributed by atoms with van der Waals surface area (Å²) in [6.07, 6.45) is 3.40. The van der Waals surface area contributed by atoms with Crippen molar-refractivity contribution in [2.24, 2.45) is 4.99 Å². The lowest BCUT2D eigenvalue weighted by Gasteiger charge is -2.19. The Balaban J connectivity index is 0.00000529. The number of hydrogen-bond donors (Lipinski definition) is 3. The molecule has 9 heteroatoms. The second-order valence-electron chi connectivity index (χ2n) is 6.14. The summed E-state index contributed by atoms with van der Waals surface area (Å²) in [5.74, 6) is 0.680. The topological polar surface area (TPSA) is 92.6 Å². The highest BCUT2D eigenvalue weighted by atomic mass is 127. The van der Waals surface area contributed by atoms with E-state index in [1.54, 1.807) is 7.05 Å². The van der Waals surface area contributed by atoms with Crippen LogP contribution in [0, 0.1) is 6.92 Å². The summed E-state index contributed by atoms with van der Waals surface area (Å²) >= 11 is 0. The van der Waals surface area contributed by atoms with E-state index in [0.29, 0.717) is 25.6 Å². The molecule has 0 atom stereocenters. The van der Waals surface area contributed by atoms with Crippen molar-refractivity contribution in [2.45, 2.75) is 39.8 Å². The van der Waals surface area contributed by atoms with Gasteiger partial charge in [0.15, 0.2) is 5.96 Å². The van der Waals surface area contributed by atoms with Crippen LogP contribution >= 0.6 is 24.0 Å². The predicted molar refractivity (Wildman–Crippen MR) is 106 cm³/mol. The number of hydrogen-bond acceptors (Lipinski definition) is 4. The molecule has 0 fully saturated rings. The van der Waals surface area contributed by atoms with Crippen molar-refractivity contribution >= 4 is 36.0 Å². The standard InChI is InChI=1S/C15H28N6O2.HI/c1-12-10-20-21(11-12)9-8-18-13(16-5)17-6-7-19-14(22)23-15(2,3)4;/h10-11H,6-9H2,1-5H3,(H,19,22)(H2,16,17,18);1H. The number of rotatable bonds is 6. The van der Waals surface area contributed by atoms with Gasteiger partial charge in [0.05, 0.1) is 12.7 Å². The molecule has 0 aromatic carbocycles. The van der Waals surface area contributed by atoms with Crippen LogP contribution in [0.4, 0.5) is 4.79 Å². The Kier molecular flexibility index (Phi) is 10.4. The molecule has 0 bridgehead atoms. The van der Waals surface area contributed by atoms with Gasteiger partial charge in [0.2, 0.25) is 0 Å². The molecule has 1 rings (SSSR count). The van der Waals surface area contributed by atoms with Crippen LogP contribution in [0.25, 0.3) is 0 Å². The summed E-state index contributed by atoms with van der Waals surface area (Å²) < 4.78 is 7.03. The summed E-state index contributed by atoms with van der Waals surface area (Å²) in [4.78, 5) is 15.6. The van der Waals surface area contributed by atoms with Crippen molar-refractivity contribution < 1.29 is 9.53 Å². The first-order valence-corrected chi connectivity index (χ1v) is 7.70. The van der Waals surface area contributed by atoms with Gasteiger partial charge in [0, 0.05) is 32.9 Å². The number of carbonyl (C=O) groups excluding carboxylic acids is 1. The fourth-order valence-electron chi connectivity index (χ4n) is 1.76. The van der Waals surface area contributed by atoms with Crippen molar-refractivity contribution in [2.75, 3.05) is 26.7 Å². The third kappa shape index (κ3) is 10.3. The van der Waals surface area contributed by atoms with Crippen molar-refractivity contribution in [1.82, 2.24) is 25.7 Å². The molecule has 0 radical (unpaired) electrons. The van der Waals surface area contributed by atoms with E-state index in [4.69, 9.17) is 4.74 Å². The number of halogens is 1. The molecule has 1 amide bonds. The SMILES string of the molecule is CN=C(NCCNC(=O)OC(C)(C)C)NCCn1cc(C)cn1.I. The Labute approximate surface area is 160 Å². The number of nitrogens with zero attached hydrogens (tertiary/aromatic N) is 3. The molecule has 0 spiro atoms. The number of aliphatic imine (C=N–C) groups is 1. The second-order valence-corrected chi connectivity index (χ2v) is 6.14. The molecular weight excluding hydrogens is 423 g/mol. The van der Waals surface area contributed by atoms with Crippen molar-refractivity contribution in [1.29, 1.82) is 0 Å². The Morgan fingerprint density at radius 2 is 1.88 bits per heavy atom. The Bertz CT molecular complexity index is 524. The molecule has 0 saturated carbocycles. The van der Waals surface area contributed by atoms with Gasteiger partial charge in [0.1, 0.15) is 5.60 Å². The maximum absolute atomic E-state index is 11.5. The number of carbonyl (C=O) groups is 1. The fourth-order valence-corrected chi connectivity index (χ4v) is 1.76. The van der Waals surface area contributed by atoms with Gasteiger partial charge < -0.3 is 20.7 Å².